The molecular weight excluding hydrogens is 304 g/mol. The van der Waals surface area contributed by atoms with Crippen LogP contribution in [0, 0.1) is 11.8 Å². The van der Waals surface area contributed by atoms with Crippen LogP contribution in [0.3, 0.4) is 0 Å². The molecule has 0 saturated heterocycles. The normalized spacial score (nSPS) is 24.2. The van der Waals surface area contributed by atoms with Crippen molar-refractivity contribution in [3.8, 4) is 0 Å². The lowest BCUT2D eigenvalue weighted by Gasteiger charge is -2.11. The van der Waals surface area contributed by atoms with E-state index in [9.17, 15) is 9.59 Å². The number of nitrogens with one attached hydrogen (secondary N) is 1. The van der Waals surface area contributed by atoms with E-state index in [1.54, 1.807) is 0 Å². The number of nitrogens with zero attached hydrogens (tertiary/aromatic N) is 3. The van der Waals surface area contributed by atoms with Crippen molar-refractivity contribution in [2.24, 2.45) is 11.8 Å². The molecule has 0 radical (unpaired) electrons. The average molecular weight is 326 g/mol. The highest BCUT2D eigenvalue weighted by atomic mass is 16.2. The smallest absolute Gasteiger partial charge is 0.333 e. The maximum absolute atomic E-state index is 12.9. The van der Waals surface area contributed by atoms with Crippen LogP contribution >= 0.6 is 0 Å². The van der Waals surface area contributed by atoms with Crippen LogP contribution in [0.15, 0.2) is 9.59 Å². The minimum Gasteiger partial charge on any atom is -0.336 e. The molecule has 0 aromatic carbocycles. The first-order chi connectivity index (χ1) is 11.7. The van der Waals surface area contributed by atoms with Crippen LogP contribution in [0.1, 0.15) is 75.2 Å². The third-order valence-electron chi connectivity index (χ3n) is 6.18. The molecule has 0 atom stereocenters. The lowest BCUT2D eigenvalue weighted by Crippen LogP contribution is -2.39. The Hall–Kier alpha value is -1.85. The number of H-pyrrole nitrogens is 1. The number of imidazole rings is 1. The van der Waals surface area contributed by atoms with Crippen LogP contribution in [-0.4, -0.2) is 19.1 Å². The van der Waals surface area contributed by atoms with Gasteiger partial charge in [-0.2, -0.15) is 0 Å². The van der Waals surface area contributed by atoms with Crippen molar-refractivity contribution < 1.29 is 0 Å². The molecule has 0 spiro atoms. The number of rotatable bonds is 5. The summed E-state index contributed by atoms with van der Waals surface area (Å²) in [4.78, 5) is 34.0. The third-order valence-corrected chi connectivity index (χ3v) is 6.18. The number of aromatic nitrogens is 4. The summed E-state index contributed by atoms with van der Waals surface area (Å²) in [6.07, 6.45) is 9.04. The highest BCUT2D eigenvalue weighted by Crippen LogP contribution is 2.54. The van der Waals surface area contributed by atoms with E-state index in [1.807, 2.05) is 4.57 Å². The number of fused-ring (bicyclic) bond motifs is 1. The summed E-state index contributed by atoms with van der Waals surface area (Å²) < 4.78 is 3.30. The van der Waals surface area contributed by atoms with Gasteiger partial charge in [-0.3, -0.25) is 13.9 Å². The van der Waals surface area contributed by atoms with Gasteiger partial charge in [0.25, 0.3) is 5.56 Å². The van der Waals surface area contributed by atoms with Crippen molar-refractivity contribution in [2.75, 3.05) is 0 Å². The second-order valence-corrected chi connectivity index (χ2v) is 8.31. The zero-order chi connectivity index (χ0) is 16.0. The Labute approximate surface area is 138 Å². The first kappa shape index (κ1) is 13.4. The molecule has 0 aliphatic heterocycles. The summed E-state index contributed by atoms with van der Waals surface area (Å²) in [5.74, 6) is 2.89. The molecule has 0 amide bonds. The lowest BCUT2D eigenvalue weighted by molar-refractivity contribution is 0.514. The fraction of sp³-hybridized carbons (Fsp3) is 0.722. The minimum absolute atomic E-state index is 0.105. The Balaban J connectivity index is 1.60. The van der Waals surface area contributed by atoms with E-state index >= 15 is 0 Å². The van der Waals surface area contributed by atoms with Crippen LogP contribution in [-0.2, 0) is 0 Å². The van der Waals surface area contributed by atoms with Crippen LogP contribution in [0.4, 0.5) is 0 Å². The Morgan fingerprint density at radius 2 is 1.46 bits per heavy atom. The van der Waals surface area contributed by atoms with E-state index in [0.29, 0.717) is 17.1 Å². The Bertz CT molecular complexity index is 940. The predicted molar refractivity (Wildman–Crippen MR) is 89.3 cm³/mol. The van der Waals surface area contributed by atoms with E-state index in [-0.39, 0.29) is 23.3 Å². The molecule has 1 N–H and O–H groups in total. The number of hydrogen-bond acceptors (Lipinski definition) is 3. The van der Waals surface area contributed by atoms with Crippen molar-refractivity contribution in [1.82, 2.24) is 19.1 Å². The summed E-state index contributed by atoms with van der Waals surface area (Å²) >= 11 is 0. The molecule has 6 heteroatoms. The summed E-state index contributed by atoms with van der Waals surface area (Å²) in [7, 11) is 0. The van der Waals surface area contributed by atoms with E-state index < -0.39 is 0 Å². The van der Waals surface area contributed by atoms with Crippen molar-refractivity contribution in [3.05, 3.63) is 26.7 Å². The first-order valence-electron chi connectivity index (χ1n) is 9.49. The van der Waals surface area contributed by atoms with Crippen LogP contribution < -0.4 is 11.2 Å². The molecule has 6 nitrogen and oxygen atoms in total. The van der Waals surface area contributed by atoms with Gasteiger partial charge in [-0.1, -0.05) is 0 Å². The molecule has 4 aliphatic carbocycles. The van der Waals surface area contributed by atoms with Crippen molar-refractivity contribution in [2.45, 2.75) is 69.4 Å². The highest BCUT2D eigenvalue weighted by Gasteiger charge is 2.44. The molecular formula is C18H22N4O2. The molecule has 4 saturated carbocycles. The quantitative estimate of drug-likeness (QED) is 0.917. The summed E-state index contributed by atoms with van der Waals surface area (Å²) in [6, 6.07) is 0.343. The molecule has 4 aliphatic rings. The maximum Gasteiger partial charge on any atom is 0.333 e. The Morgan fingerprint density at radius 3 is 2.00 bits per heavy atom. The van der Waals surface area contributed by atoms with Gasteiger partial charge in [-0.05, 0) is 63.2 Å². The molecule has 0 unspecified atom stereocenters. The van der Waals surface area contributed by atoms with Gasteiger partial charge < -0.3 is 4.98 Å². The van der Waals surface area contributed by atoms with E-state index in [1.165, 1.54) is 30.3 Å². The van der Waals surface area contributed by atoms with Gasteiger partial charge in [0, 0.05) is 18.0 Å². The molecule has 0 bridgehead atoms. The van der Waals surface area contributed by atoms with E-state index in [0.717, 1.165) is 43.3 Å². The topological polar surface area (TPSA) is 72.7 Å². The molecule has 6 rings (SSSR count). The number of aromatic amines is 1. The van der Waals surface area contributed by atoms with Gasteiger partial charge in [0.2, 0.25) is 0 Å². The van der Waals surface area contributed by atoms with Gasteiger partial charge in [0.15, 0.2) is 5.65 Å². The second-order valence-electron chi connectivity index (χ2n) is 8.31. The summed E-state index contributed by atoms with van der Waals surface area (Å²) in [5, 5.41) is 0. The summed E-state index contributed by atoms with van der Waals surface area (Å²) in [6.45, 7) is 0. The molecule has 2 aromatic rings. The zero-order valence-corrected chi connectivity index (χ0v) is 13.7. The van der Waals surface area contributed by atoms with Crippen LogP contribution in [0.25, 0.3) is 11.2 Å². The summed E-state index contributed by atoms with van der Waals surface area (Å²) in [5.41, 5.74) is 0.892. The SMILES string of the molecule is O=c1c2[nH]c(C(C3CC3)C3CC3)nc2n(C2CC2)c(=O)n1C1CC1. The first-order valence-corrected chi connectivity index (χ1v) is 9.49. The second kappa shape index (κ2) is 4.41. The average Bonchev–Trinajstić information content (AvgIpc) is 3.41. The van der Waals surface area contributed by atoms with Gasteiger partial charge in [0.05, 0.1) is 0 Å². The predicted octanol–water partition coefficient (Wildman–Crippen LogP) is 2.46. The fourth-order valence-electron chi connectivity index (χ4n) is 4.34. The van der Waals surface area contributed by atoms with Gasteiger partial charge in [-0.25, -0.2) is 9.78 Å². The monoisotopic (exact) mass is 326 g/mol. The van der Waals surface area contributed by atoms with Gasteiger partial charge >= 0.3 is 5.69 Å². The molecule has 126 valence electrons. The van der Waals surface area contributed by atoms with Gasteiger partial charge in [-0.15, -0.1) is 0 Å². The van der Waals surface area contributed by atoms with E-state index in [4.69, 9.17) is 4.98 Å². The molecule has 2 heterocycles. The zero-order valence-electron chi connectivity index (χ0n) is 13.7. The minimum atomic E-state index is -0.154. The highest BCUT2D eigenvalue weighted by molar-refractivity contribution is 5.70. The molecule has 2 aromatic heterocycles. The van der Waals surface area contributed by atoms with Crippen molar-refractivity contribution in [1.29, 1.82) is 0 Å². The number of hydrogen-bond donors (Lipinski definition) is 1. The van der Waals surface area contributed by atoms with Crippen molar-refractivity contribution in [3.63, 3.8) is 0 Å². The third kappa shape index (κ3) is 1.91. The van der Waals surface area contributed by atoms with E-state index in [2.05, 4.69) is 4.98 Å². The fourth-order valence-corrected chi connectivity index (χ4v) is 4.34. The lowest BCUT2D eigenvalue weighted by atomic mass is 9.97. The molecule has 4 fully saturated rings. The Morgan fingerprint density at radius 1 is 0.875 bits per heavy atom. The van der Waals surface area contributed by atoms with Gasteiger partial charge in [0.1, 0.15) is 11.3 Å². The Kier molecular flexibility index (Phi) is 2.47. The van der Waals surface area contributed by atoms with Crippen molar-refractivity contribution >= 4 is 11.2 Å². The maximum atomic E-state index is 12.9. The standard InChI is InChI=1S/C18H22N4O2/c23-17-14-16(20-15(19-14)13(9-1-2-9)10-3-4-10)21(11-5-6-11)18(24)22(17)12-7-8-12/h9-13H,1-8H2,(H,19,20). The largest absolute Gasteiger partial charge is 0.336 e. The van der Waals surface area contributed by atoms with Crippen LogP contribution in [0.2, 0.25) is 0 Å². The molecule has 24 heavy (non-hydrogen) atoms. The van der Waals surface area contributed by atoms with Crippen LogP contribution in [0.5, 0.6) is 0 Å².